The van der Waals surface area contributed by atoms with Gasteiger partial charge in [0.15, 0.2) is 0 Å². The molecule has 1 aliphatic heterocycles. The number of carbonyl (C=O) groups excluding carboxylic acids is 1. The van der Waals surface area contributed by atoms with E-state index in [1.165, 1.54) is 0 Å². The van der Waals surface area contributed by atoms with E-state index in [9.17, 15) is 4.79 Å². The van der Waals surface area contributed by atoms with E-state index in [0.29, 0.717) is 0 Å². The van der Waals surface area contributed by atoms with Crippen molar-refractivity contribution in [1.29, 1.82) is 0 Å². The molecule has 1 amide bonds. The summed E-state index contributed by atoms with van der Waals surface area (Å²) >= 11 is 0. The molecular weight excluding hydrogens is 242 g/mol. The maximum atomic E-state index is 12.1. The van der Waals surface area contributed by atoms with Crippen molar-refractivity contribution in [3.63, 3.8) is 0 Å². The Morgan fingerprint density at radius 1 is 1.47 bits per heavy atom. The Morgan fingerprint density at radius 2 is 2.16 bits per heavy atom. The molecule has 19 heavy (non-hydrogen) atoms. The third-order valence-corrected chi connectivity index (χ3v) is 3.87. The van der Waals surface area contributed by atoms with E-state index in [1.807, 2.05) is 14.0 Å². The topological polar surface area (TPSA) is 53.6 Å². The normalized spacial score (nSPS) is 21.7. The molecule has 1 saturated heterocycles. The molecule has 1 heterocycles. The predicted molar refractivity (Wildman–Crippen MR) is 77.2 cm³/mol. The molecule has 2 unspecified atom stereocenters. The molecule has 0 saturated carbocycles. The van der Waals surface area contributed by atoms with E-state index in [-0.39, 0.29) is 24.1 Å². The fourth-order valence-electron chi connectivity index (χ4n) is 2.23. The zero-order valence-corrected chi connectivity index (χ0v) is 12.7. The van der Waals surface area contributed by atoms with Crippen LogP contribution in [0.5, 0.6) is 0 Å². The first-order valence-electron chi connectivity index (χ1n) is 7.41. The number of ether oxygens (including phenoxy) is 1. The van der Waals surface area contributed by atoms with Crippen LogP contribution < -0.4 is 10.6 Å². The molecule has 5 heteroatoms. The lowest BCUT2D eigenvalue weighted by Crippen LogP contribution is -2.51. The van der Waals surface area contributed by atoms with Crippen molar-refractivity contribution in [3.8, 4) is 0 Å². The molecule has 1 fully saturated rings. The first kappa shape index (κ1) is 16.4. The van der Waals surface area contributed by atoms with Crippen LogP contribution in [0.2, 0.25) is 0 Å². The van der Waals surface area contributed by atoms with E-state index < -0.39 is 0 Å². The SMILES string of the molecule is CCC(CC)NC(=O)C(C)N(C)CC1CNCCO1. The monoisotopic (exact) mass is 271 g/mol. The highest BCUT2D eigenvalue weighted by atomic mass is 16.5. The Bertz CT molecular complexity index is 263. The number of hydrogen-bond donors (Lipinski definition) is 2. The number of hydrogen-bond acceptors (Lipinski definition) is 4. The molecule has 2 atom stereocenters. The van der Waals surface area contributed by atoms with Gasteiger partial charge in [0.25, 0.3) is 0 Å². The standard InChI is InChI=1S/C14H29N3O2/c1-5-12(6-2)16-14(18)11(3)17(4)10-13-9-15-7-8-19-13/h11-13,15H,5-10H2,1-4H3,(H,16,18). The number of nitrogens with zero attached hydrogens (tertiary/aromatic N) is 1. The highest BCUT2D eigenvalue weighted by molar-refractivity contribution is 5.81. The second-order valence-electron chi connectivity index (χ2n) is 5.33. The largest absolute Gasteiger partial charge is 0.374 e. The van der Waals surface area contributed by atoms with E-state index in [0.717, 1.165) is 39.1 Å². The molecule has 0 aromatic heterocycles. The van der Waals surface area contributed by atoms with Crippen molar-refractivity contribution in [1.82, 2.24) is 15.5 Å². The molecule has 2 N–H and O–H groups in total. The minimum Gasteiger partial charge on any atom is -0.374 e. The van der Waals surface area contributed by atoms with Gasteiger partial charge in [0.2, 0.25) is 5.91 Å². The van der Waals surface area contributed by atoms with Crippen molar-refractivity contribution in [3.05, 3.63) is 0 Å². The quantitative estimate of drug-likeness (QED) is 0.712. The van der Waals surface area contributed by atoms with E-state index in [4.69, 9.17) is 4.74 Å². The number of rotatable bonds is 7. The predicted octanol–water partition coefficient (Wildman–Crippen LogP) is 0.600. The van der Waals surface area contributed by atoms with E-state index >= 15 is 0 Å². The van der Waals surface area contributed by atoms with Crippen LogP contribution in [0.4, 0.5) is 0 Å². The van der Waals surface area contributed by atoms with Crippen LogP contribution in [-0.2, 0) is 9.53 Å². The van der Waals surface area contributed by atoms with Crippen LogP contribution in [0, 0.1) is 0 Å². The first-order chi connectivity index (χ1) is 9.08. The third-order valence-electron chi connectivity index (χ3n) is 3.87. The summed E-state index contributed by atoms with van der Waals surface area (Å²) in [5.41, 5.74) is 0. The van der Waals surface area contributed by atoms with Crippen LogP contribution in [0.25, 0.3) is 0 Å². The van der Waals surface area contributed by atoms with Crippen molar-refractivity contribution in [2.45, 2.75) is 51.8 Å². The van der Waals surface area contributed by atoms with Gasteiger partial charge in [-0.1, -0.05) is 13.8 Å². The zero-order valence-electron chi connectivity index (χ0n) is 12.7. The lowest BCUT2D eigenvalue weighted by Gasteiger charge is -2.31. The third kappa shape index (κ3) is 5.47. The van der Waals surface area contributed by atoms with Crippen LogP contribution in [0.1, 0.15) is 33.6 Å². The average Bonchev–Trinajstić information content (AvgIpc) is 2.44. The van der Waals surface area contributed by atoms with Crippen molar-refractivity contribution in [2.24, 2.45) is 0 Å². The minimum atomic E-state index is -0.119. The summed E-state index contributed by atoms with van der Waals surface area (Å²) in [6.07, 6.45) is 2.14. The smallest absolute Gasteiger partial charge is 0.237 e. The van der Waals surface area contributed by atoms with Crippen molar-refractivity contribution < 1.29 is 9.53 Å². The highest BCUT2D eigenvalue weighted by Crippen LogP contribution is 2.04. The van der Waals surface area contributed by atoms with Gasteiger partial charge in [-0.2, -0.15) is 0 Å². The molecule has 0 radical (unpaired) electrons. The van der Waals surface area contributed by atoms with Gasteiger partial charge >= 0.3 is 0 Å². The Balaban J connectivity index is 2.37. The molecule has 0 aromatic rings. The Hall–Kier alpha value is -0.650. The van der Waals surface area contributed by atoms with Gasteiger partial charge in [0.1, 0.15) is 0 Å². The van der Waals surface area contributed by atoms with Crippen molar-refractivity contribution >= 4 is 5.91 Å². The molecule has 5 nitrogen and oxygen atoms in total. The van der Waals surface area contributed by atoms with Gasteiger partial charge in [-0.3, -0.25) is 9.69 Å². The molecule has 1 aliphatic rings. The van der Waals surface area contributed by atoms with E-state index in [2.05, 4.69) is 29.4 Å². The molecule has 0 aliphatic carbocycles. The van der Waals surface area contributed by atoms with Crippen LogP contribution in [-0.4, -0.2) is 62.3 Å². The molecule has 1 rings (SSSR count). The van der Waals surface area contributed by atoms with Gasteiger partial charge in [-0.05, 0) is 26.8 Å². The fourth-order valence-corrected chi connectivity index (χ4v) is 2.23. The number of nitrogens with one attached hydrogen (secondary N) is 2. The summed E-state index contributed by atoms with van der Waals surface area (Å²) in [6.45, 7) is 9.48. The van der Waals surface area contributed by atoms with E-state index in [1.54, 1.807) is 0 Å². The lowest BCUT2D eigenvalue weighted by atomic mass is 10.1. The fraction of sp³-hybridized carbons (Fsp3) is 0.929. The lowest BCUT2D eigenvalue weighted by molar-refractivity contribution is -0.126. The minimum absolute atomic E-state index is 0.111. The second-order valence-corrected chi connectivity index (χ2v) is 5.33. The van der Waals surface area contributed by atoms with Gasteiger partial charge in [0.05, 0.1) is 18.8 Å². The number of carbonyl (C=O) groups is 1. The number of likely N-dealkylation sites (N-methyl/N-ethyl adjacent to an activating group) is 1. The highest BCUT2D eigenvalue weighted by Gasteiger charge is 2.23. The number of amides is 1. The van der Waals surface area contributed by atoms with Crippen LogP contribution in [0.15, 0.2) is 0 Å². The molecule has 0 bridgehead atoms. The molecule has 112 valence electrons. The Morgan fingerprint density at radius 3 is 2.68 bits per heavy atom. The van der Waals surface area contributed by atoms with Crippen molar-refractivity contribution in [2.75, 3.05) is 33.3 Å². The number of morpholine rings is 1. The maximum Gasteiger partial charge on any atom is 0.237 e. The van der Waals surface area contributed by atoms with Gasteiger partial charge in [-0.25, -0.2) is 0 Å². The second kappa shape index (κ2) is 8.51. The molecule has 0 spiro atoms. The molecule has 0 aromatic carbocycles. The van der Waals surface area contributed by atoms with Crippen LogP contribution in [0.3, 0.4) is 0 Å². The summed E-state index contributed by atoms with van der Waals surface area (Å²) < 4.78 is 5.67. The Kier molecular flexibility index (Phi) is 7.34. The summed E-state index contributed by atoms with van der Waals surface area (Å²) in [4.78, 5) is 14.2. The summed E-state index contributed by atoms with van der Waals surface area (Å²) in [7, 11) is 1.98. The Labute approximate surface area is 117 Å². The summed E-state index contributed by atoms with van der Waals surface area (Å²) in [5.74, 6) is 0.111. The summed E-state index contributed by atoms with van der Waals surface area (Å²) in [6, 6.07) is 0.169. The van der Waals surface area contributed by atoms with Gasteiger partial charge in [-0.15, -0.1) is 0 Å². The van der Waals surface area contributed by atoms with Gasteiger partial charge < -0.3 is 15.4 Å². The zero-order chi connectivity index (χ0) is 14.3. The summed E-state index contributed by atoms with van der Waals surface area (Å²) in [5, 5.41) is 6.40. The average molecular weight is 271 g/mol. The van der Waals surface area contributed by atoms with Crippen LogP contribution >= 0.6 is 0 Å². The maximum absolute atomic E-state index is 12.1. The first-order valence-corrected chi connectivity index (χ1v) is 7.41. The molecular formula is C14H29N3O2. The van der Waals surface area contributed by atoms with Gasteiger partial charge in [0, 0.05) is 25.7 Å².